The Morgan fingerprint density at radius 2 is 2.12 bits per heavy atom. The van der Waals surface area contributed by atoms with Crippen LogP contribution in [0.5, 0.6) is 0 Å². The molecule has 3 N–H and O–H groups in total. The van der Waals surface area contributed by atoms with Gasteiger partial charge in [0, 0.05) is 24.7 Å². The second-order valence-electron chi connectivity index (χ2n) is 3.46. The minimum Gasteiger partial charge on any atom is -0.481 e. The molecule has 1 aromatic heterocycles. The van der Waals surface area contributed by atoms with Gasteiger partial charge in [0.2, 0.25) is 0 Å². The lowest BCUT2D eigenvalue weighted by Gasteiger charge is -2.07. The van der Waals surface area contributed by atoms with Crippen LogP contribution in [-0.2, 0) is 11.3 Å². The van der Waals surface area contributed by atoms with Crippen LogP contribution in [0.25, 0.3) is 0 Å². The molecule has 0 unspecified atom stereocenters. The highest BCUT2D eigenvalue weighted by molar-refractivity contribution is 5.66. The maximum Gasteiger partial charge on any atom is 0.349 e. The van der Waals surface area contributed by atoms with Gasteiger partial charge in [-0.05, 0) is 13.3 Å². The van der Waals surface area contributed by atoms with Crippen LogP contribution in [0.15, 0.2) is 15.8 Å². The summed E-state index contributed by atoms with van der Waals surface area (Å²) in [6.07, 6.45) is 1.66. The summed E-state index contributed by atoms with van der Waals surface area (Å²) in [4.78, 5) is 33.0. The third-order valence-electron chi connectivity index (χ3n) is 2.15. The topological polar surface area (TPSA) is 107 Å². The lowest BCUT2D eigenvalue weighted by Crippen LogP contribution is -2.45. The molecule has 0 aliphatic heterocycles. The minimum atomic E-state index is -0.925. The molecule has 0 radical (unpaired) electrons. The molecule has 0 aliphatic carbocycles. The van der Waals surface area contributed by atoms with E-state index in [4.69, 9.17) is 10.9 Å². The van der Waals surface area contributed by atoms with Crippen LogP contribution < -0.4 is 17.1 Å². The lowest BCUT2D eigenvalue weighted by molar-refractivity contribution is -0.137. The van der Waals surface area contributed by atoms with Gasteiger partial charge >= 0.3 is 11.7 Å². The number of carbonyl (C=O) groups is 1. The number of nitrogen functional groups attached to an aromatic ring is 1. The number of hydrogen-bond donors (Lipinski definition) is 2. The van der Waals surface area contributed by atoms with Crippen molar-refractivity contribution >= 4 is 5.97 Å². The van der Waals surface area contributed by atoms with Crippen molar-refractivity contribution in [2.24, 2.45) is 0 Å². The summed E-state index contributed by atoms with van der Waals surface area (Å²) in [5, 5.41) is 8.45. The summed E-state index contributed by atoms with van der Waals surface area (Å²) in [6.45, 7) is 1.77. The smallest absolute Gasteiger partial charge is 0.349 e. The molecule has 0 saturated carbocycles. The number of nitrogens with zero attached hydrogens (tertiary/aromatic N) is 2. The van der Waals surface area contributed by atoms with Crippen molar-refractivity contribution in [2.75, 3.05) is 5.84 Å². The fourth-order valence-electron chi connectivity index (χ4n) is 1.32. The lowest BCUT2D eigenvalue weighted by atomic mass is 10.3. The summed E-state index contributed by atoms with van der Waals surface area (Å²) in [5.74, 6) is 4.34. The SMILES string of the molecule is Cc1cn(CCCC(=O)O)c(=O)n(N)c1=O. The first-order valence-corrected chi connectivity index (χ1v) is 4.73. The van der Waals surface area contributed by atoms with Crippen LogP contribution in [-0.4, -0.2) is 20.3 Å². The van der Waals surface area contributed by atoms with Crippen molar-refractivity contribution in [3.63, 3.8) is 0 Å². The van der Waals surface area contributed by atoms with E-state index in [1.807, 2.05) is 0 Å². The highest BCUT2D eigenvalue weighted by Crippen LogP contribution is 1.93. The fourth-order valence-corrected chi connectivity index (χ4v) is 1.32. The van der Waals surface area contributed by atoms with Gasteiger partial charge < -0.3 is 10.9 Å². The first-order chi connectivity index (χ1) is 7.43. The number of carboxylic acids is 1. The van der Waals surface area contributed by atoms with Gasteiger partial charge in [-0.15, -0.1) is 0 Å². The Bertz CT molecular complexity index is 514. The summed E-state index contributed by atoms with van der Waals surface area (Å²) >= 11 is 0. The first kappa shape index (κ1) is 12.0. The average molecular weight is 227 g/mol. The zero-order chi connectivity index (χ0) is 12.3. The molecule has 7 heteroatoms. The van der Waals surface area contributed by atoms with E-state index < -0.39 is 17.2 Å². The molecule has 7 nitrogen and oxygen atoms in total. The third-order valence-corrected chi connectivity index (χ3v) is 2.15. The second-order valence-corrected chi connectivity index (χ2v) is 3.46. The highest BCUT2D eigenvalue weighted by Gasteiger charge is 2.06. The Kier molecular flexibility index (Phi) is 3.49. The van der Waals surface area contributed by atoms with E-state index in [1.54, 1.807) is 6.92 Å². The molecule has 1 aromatic rings. The molecular weight excluding hydrogens is 214 g/mol. The standard InChI is InChI=1S/C9H13N3O4/c1-6-5-11(4-2-3-7(13)14)9(16)12(10)8(6)15/h5H,2-4,10H2,1H3,(H,13,14). The van der Waals surface area contributed by atoms with Crippen molar-refractivity contribution in [1.29, 1.82) is 0 Å². The fraction of sp³-hybridized carbons (Fsp3) is 0.444. The summed E-state index contributed by atoms with van der Waals surface area (Å²) < 4.78 is 1.76. The average Bonchev–Trinajstić information content (AvgIpc) is 2.22. The number of nitrogens with two attached hydrogens (primary N) is 1. The van der Waals surface area contributed by atoms with Gasteiger partial charge in [-0.1, -0.05) is 0 Å². The predicted molar refractivity (Wildman–Crippen MR) is 56.7 cm³/mol. The van der Waals surface area contributed by atoms with Crippen LogP contribution in [0.1, 0.15) is 18.4 Å². The molecule has 0 spiro atoms. The maximum absolute atomic E-state index is 11.5. The van der Waals surface area contributed by atoms with Gasteiger partial charge in [-0.3, -0.25) is 14.2 Å². The Balaban J connectivity index is 2.94. The molecule has 1 heterocycles. The van der Waals surface area contributed by atoms with Gasteiger partial charge in [0.05, 0.1) is 0 Å². The molecule has 0 fully saturated rings. The van der Waals surface area contributed by atoms with Crippen LogP contribution in [0, 0.1) is 6.92 Å². The summed E-state index contributed by atoms with van der Waals surface area (Å²) in [5.41, 5.74) is -0.835. The summed E-state index contributed by atoms with van der Waals surface area (Å²) in [6, 6.07) is 0. The molecule has 0 aromatic carbocycles. The van der Waals surface area contributed by atoms with E-state index >= 15 is 0 Å². The number of aliphatic carboxylic acids is 1. The van der Waals surface area contributed by atoms with Gasteiger partial charge in [0.25, 0.3) is 5.56 Å². The normalized spacial score (nSPS) is 10.3. The molecule has 1 rings (SSSR count). The Morgan fingerprint density at radius 1 is 1.50 bits per heavy atom. The first-order valence-electron chi connectivity index (χ1n) is 4.73. The Hall–Kier alpha value is -2.05. The zero-order valence-corrected chi connectivity index (χ0v) is 8.84. The van der Waals surface area contributed by atoms with E-state index in [0.717, 1.165) is 0 Å². The van der Waals surface area contributed by atoms with Crippen LogP contribution in [0.4, 0.5) is 0 Å². The monoisotopic (exact) mass is 227 g/mol. The molecule has 0 amide bonds. The number of rotatable bonds is 4. The van der Waals surface area contributed by atoms with E-state index in [9.17, 15) is 14.4 Å². The number of hydrogen-bond acceptors (Lipinski definition) is 4. The quantitative estimate of drug-likeness (QED) is 0.634. The van der Waals surface area contributed by atoms with Gasteiger partial charge in [-0.25, -0.2) is 4.79 Å². The second kappa shape index (κ2) is 4.65. The number of aryl methyl sites for hydroxylation is 2. The van der Waals surface area contributed by atoms with E-state index in [0.29, 0.717) is 16.7 Å². The van der Waals surface area contributed by atoms with Crippen LogP contribution >= 0.6 is 0 Å². The Morgan fingerprint density at radius 3 is 2.69 bits per heavy atom. The van der Waals surface area contributed by atoms with E-state index in [-0.39, 0.29) is 13.0 Å². The third kappa shape index (κ3) is 2.50. The molecule has 88 valence electrons. The number of carboxylic acid groups (broad SMARTS) is 1. The van der Waals surface area contributed by atoms with Gasteiger partial charge in [0.15, 0.2) is 0 Å². The molecule has 16 heavy (non-hydrogen) atoms. The molecule has 0 atom stereocenters. The Labute approximate surface area is 90.7 Å². The van der Waals surface area contributed by atoms with Crippen LogP contribution in [0.2, 0.25) is 0 Å². The highest BCUT2D eigenvalue weighted by atomic mass is 16.4. The van der Waals surface area contributed by atoms with Crippen molar-refractivity contribution in [3.05, 3.63) is 32.6 Å². The van der Waals surface area contributed by atoms with Crippen molar-refractivity contribution in [1.82, 2.24) is 9.24 Å². The van der Waals surface area contributed by atoms with Crippen LogP contribution in [0.3, 0.4) is 0 Å². The van der Waals surface area contributed by atoms with Gasteiger partial charge in [-0.2, -0.15) is 4.68 Å². The van der Waals surface area contributed by atoms with Crippen molar-refractivity contribution < 1.29 is 9.90 Å². The molecular formula is C9H13N3O4. The van der Waals surface area contributed by atoms with Crippen molar-refractivity contribution in [2.45, 2.75) is 26.3 Å². The van der Waals surface area contributed by atoms with Crippen molar-refractivity contribution in [3.8, 4) is 0 Å². The summed E-state index contributed by atoms with van der Waals surface area (Å²) in [7, 11) is 0. The van der Waals surface area contributed by atoms with E-state index in [1.165, 1.54) is 10.8 Å². The molecule has 0 bridgehead atoms. The zero-order valence-electron chi connectivity index (χ0n) is 8.84. The van der Waals surface area contributed by atoms with E-state index in [2.05, 4.69) is 0 Å². The largest absolute Gasteiger partial charge is 0.481 e. The molecule has 0 saturated heterocycles. The number of aromatic nitrogens is 2. The molecule has 0 aliphatic rings. The predicted octanol–water partition coefficient (Wildman–Crippen LogP) is -1.10. The maximum atomic E-state index is 11.5. The van der Waals surface area contributed by atoms with Gasteiger partial charge in [0.1, 0.15) is 0 Å². The minimum absolute atomic E-state index is 0.0326.